The molecule has 7 nitrogen and oxygen atoms in total. The summed E-state index contributed by atoms with van der Waals surface area (Å²) >= 11 is 0. The van der Waals surface area contributed by atoms with Crippen molar-refractivity contribution in [3.05, 3.63) is 70.7 Å². The number of piperazine rings is 1. The van der Waals surface area contributed by atoms with E-state index in [-0.39, 0.29) is 5.82 Å². The molecule has 4 rings (SSSR count). The van der Waals surface area contributed by atoms with E-state index in [1.165, 1.54) is 12.1 Å². The Morgan fingerprint density at radius 2 is 1.75 bits per heavy atom. The van der Waals surface area contributed by atoms with Crippen LogP contribution in [0.2, 0.25) is 0 Å². The average molecular weight is 496 g/mol. The van der Waals surface area contributed by atoms with E-state index in [2.05, 4.69) is 21.6 Å². The van der Waals surface area contributed by atoms with Crippen LogP contribution in [-0.4, -0.2) is 77.7 Å². The fraction of sp³-hybridized carbons (Fsp3) is 0.464. The maximum atomic E-state index is 13.7. The van der Waals surface area contributed by atoms with E-state index in [0.717, 1.165) is 66.6 Å². The lowest BCUT2D eigenvalue weighted by molar-refractivity contribution is 0.139. The van der Waals surface area contributed by atoms with Gasteiger partial charge in [0.25, 0.3) is 0 Å². The predicted molar refractivity (Wildman–Crippen MR) is 141 cm³/mol. The highest BCUT2D eigenvalue weighted by atomic mass is 19.1. The van der Waals surface area contributed by atoms with Gasteiger partial charge in [-0.2, -0.15) is 5.10 Å². The van der Waals surface area contributed by atoms with E-state index in [9.17, 15) is 9.50 Å². The molecule has 1 aromatic heterocycles. The van der Waals surface area contributed by atoms with Gasteiger partial charge in [0.05, 0.1) is 18.0 Å². The summed E-state index contributed by atoms with van der Waals surface area (Å²) in [5, 5.41) is 15.4. The summed E-state index contributed by atoms with van der Waals surface area (Å²) in [7, 11) is 1.71. The van der Waals surface area contributed by atoms with Gasteiger partial charge in [-0.1, -0.05) is 24.6 Å². The molecule has 1 N–H and O–H groups in total. The van der Waals surface area contributed by atoms with Crippen molar-refractivity contribution in [1.82, 2.24) is 19.6 Å². The first-order chi connectivity index (χ1) is 17.4. The second kappa shape index (κ2) is 11.9. The van der Waals surface area contributed by atoms with Crippen LogP contribution in [0.15, 0.2) is 42.5 Å². The SMILES string of the molecule is CCN1CCN(c2c(CN(CCOC)Cc3cc(C)ccc3O)c(C)nn2-c2ccc(F)cc2)CC1. The smallest absolute Gasteiger partial charge is 0.137 e. The first-order valence-corrected chi connectivity index (χ1v) is 12.7. The number of hydrogen-bond donors (Lipinski definition) is 1. The Morgan fingerprint density at radius 1 is 1.03 bits per heavy atom. The molecule has 2 heterocycles. The standard InChI is InChI=1S/C28H38FN5O2/c1-5-31-12-14-33(15-13-31)28-26(22(3)30-34(28)25-9-7-24(29)8-10-25)20-32(16-17-36-4)19-23-18-21(2)6-11-27(23)35/h6-11,18,35H,5,12-17,19-20H2,1-4H3. The van der Waals surface area contributed by atoms with E-state index >= 15 is 0 Å². The Hall–Kier alpha value is -2.94. The summed E-state index contributed by atoms with van der Waals surface area (Å²) in [5.41, 5.74) is 4.95. The minimum absolute atomic E-state index is 0.260. The number of rotatable bonds is 10. The highest BCUT2D eigenvalue weighted by Crippen LogP contribution is 2.31. The third kappa shape index (κ3) is 6.06. The lowest BCUT2D eigenvalue weighted by Gasteiger charge is -2.36. The van der Waals surface area contributed by atoms with Crippen LogP contribution in [0.3, 0.4) is 0 Å². The third-order valence-corrected chi connectivity index (χ3v) is 6.97. The molecule has 0 aliphatic carbocycles. The molecule has 8 heteroatoms. The molecule has 1 fully saturated rings. The van der Waals surface area contributed by atoms with Gasteiger partial charge < -0.3 is 19.6 Å². The number of halogens is 1. The van der Waals surface area contributed by atoms with Gasteiger partial charge in [-0.05, 0) is 50.7 Å². The number of aryl methyl sites for hydroxylation is 2. The number of hydrogen-bond acceptors (Lipinski definition) is 6. The Bertz CT molecular complexity index is 1140. The van der Waals surface area contributed by atoms with Gasteiger partial charge >= 0.3 is 0 Å². The Kier molecular flexibility index (Phi) is 8.61. The molecule has 0 bridgehead atoms. The summed E-state index contributed by atoms with van der Waals surface area (Å²) in [4.78, 5) is 7.15. The second-order valence-corrected chi connectivity index (χ2v) is 9.53. The number of nitrogens with zero attached hydrogens (tertiary/aromatic N) is 5. The van der Waals surface area contributed by atoms with Crippen molar-refractivity contribution in [1.29, 1.82) is 0 Å². The Labute approximate surface area is 213 Å². The number of likely N-dealkylation sites (N-methyl/N-ethyl adjacent to an activating group) is 1. The van der Waals surface area contributed by atoms with Gasteiger partial charge in [-0.25, -0.2) is 9.07 Å². The van der Waals surface area contributed by atoms with Crippen molar-refractivity contribution in [3.8, 4) is 11.4 Å². The van der Waals surface area contributed by atoms with Crippen molar-refractivity contribution in [2.75, 3.05) is 57.9 Å². The molecule has 2 aromatic carbocycles. The molecule has 0 unspecified atom stereocenters. The molecule has 1 saturated heterocycles. The molecule has 194 valence electrons. The van der Waals surface area contributed by atoms with Crippen LogP contribution in [-0.2, 0) is 17.8 Å². The molecule has 1 aliphatic rings. The number of methoxy groups -OCH3 is 1. The first-order valence-electron chi connectivity index (χ1n) is 12.7. The van der Waals surface area contributed by atoms with Crippen LogP contribution < -0.4 is 4.90 Å². The maximum absolute atomic E-state index is 13.7. The maximum Gasteiger partial charge on any atom is 0.137 e. The fourth-order valence-corrected chi connectivity index (χ4v) is 4.84. The van der Waals surface area contributed by atoms with Crippen LogP contribution in [0.5, 0.6) is 5.75 Å². The molecular formula is C28H38FN5O2. The second-order valence-electron chi connectivity index (χ2n) is 9.53. The summed E-state index contributed by atoms with van der Waals surface area (Å²) in [5.74, 6) is 1.10. The van der Waals surface area contributed by atoms with E-state index < -0.39 is 0 Å². The van der Waals surface area contributed by atoms with Crippen LogP contribution in [0, 0.1) is 19.7 Å². The van der Waals surface area contributed by atoms with Gasteiger partial charge in [0.15, 0.2) is 0 Å². The summed E-state index contributed by atoms with van der Waals surface area (Å²) in [6, 6.07) is 12.2. The number of anilines is 1. The molecule has 1 aliphatic heterocycles. The average Bonchev–Trinajstić information content (AvgIpc) is 3.20. The molecule has 0 spiro atoms. The van der Waals surface area contributed by atoms with Gasteiger partial charge in [0.1, 0.15) is 17.4 Å². The Balaban J connectivity index is 1.71. The zero-order valence-electron chi connectivity index (χ0n) is 21.9. The van der Waals surface area contributed by atoms with Crippen molar-refractivity contribution in [2.45, 2.75) is 33.9 Å². The number of aromatic nitrogens is 2. The van der Waals surface area contributed by atoms with Crippen molar-refractivity contribution >= 4 is 5.82 Å². The van der Waals surface area contributed by atoms with Crippen LogP contribution in [0.1, 0.15) is 29.3 Å². The van der Waals surface area contributed by atoms with Gasteiger partial charge in [-0.3, -0.25) is 4.90 Å². The molecule has 0 atom stereocenters. The normalized spacial score (nSPS) is 14.7. The number of ether oxygens (including phenoxy) is 1. The molecule has 36 heavy (non-hydrogen) atoms. The quantitative estimate of drug-likeness (QED) is 0.457. The Morgan fingerprint density at radius 3 is 2.42 bits per heavy atom. The van der Waals surface area contributed by atoms with Crippen molar-refractivity contribution in [3.63, 3.8) is 0 Å². The van der Waals surface area contributed by atoms with E-state index in [1.54, 1.807) is 25.3 Å². The first kappa shape index (κ1) is 26.1. The minimum atomic E-state index is -0.260. The van der Waals surface area contributed by atoms with Gasteiger partial charge in [0, 0.05) is 64.0 Å². The molecule has 0 amide bonds. The minimum Gasteiger partial charge on any atom is -0.508 e. The zero-order valence-corrected chi connectivity index (χ0v) is 21.9. The highest BCUT2D eigenvalue weighted by molar-refractivity contribution is 5.56. The zero-order chi connectivity index (χ0) is 25.7. The summed E-state index contributed by atoms with van der Waals surface area (Å²) in [6.07, 6.45) is 0. The number of benzene rings is 2. The number of aromatic hydroxyl groups is 1. The van der Waals surface area contributed by atoms with Crippen LogP contribution >= 0.6 is 0 Å². The topological polar surface area (TPSA) is 57.0 Å². The van der Waals surface area contributed by atoms with Gasteiger partial charge in [-0.15, -0.1) is 0 Å². The van der Waals surface area contributed by atoms with Crippen LogP contribution in [0.25, 0.3) is 5.69 Å². The lowest BCUT2D eigenvalue weighted by atomic mass is 10.1. The summed E-state index contributed by atoms with van der Waals surface area (Å²) in [6.45, 7) is 13.7. The summed E-state index contributed by atoms with van der Waals surface area (Å²) < 4.78 is 21.1. The fourth-order valence-electron chi connectivity index (χ4n) is 4.84. The third-order valence-electron chi connectivity index (χ3n) is 6.97. The molecule has 0 saturated carbocycles. The van der Waals surface area contributed by atoms with Gasteiger partial charge in [0.2, 0.25) is 0 Å². The number of phenolic OH excluding ortho intramolecular Hbond substituents is 1. The number of phenols is 1. The van der Waals surface area contributed by atoms with E-state index in [0.29, 0.717) is 32.0 Å². The molecule has 3 aromatic rings. The monoisotopic (exact) mass is 495 g/mol. The van der Waals surface area contributed by atoms with E-state index in [1.807, 2.05) is 30.7 Å². The largest absolute Gasteiger partial charge is 0.508 e. The lowest BCUT2D eigenvalue weighted by Crippen LogP contribution is -2.47. The molecule has 0 radical (unpaired) electrons. The van der Waals surface area contributed by atoms with Crippen molar-refractivity contribution < 1.29 is 14.2 Å². The van der Waals surface area contributed by atoms with Crippen LogP contribution in [0.4, 0.5) is 10.2 Å². The predicted octanol–water partition coefficient (Wildman–Crippen LogP) is 4.12. The highest BCUT2D eigenvalue weighted by Gasteiger charge is 2.26. The van der Waals surface area contributed by atoms with Crippen molar-refractivity contribution in [2.24, 2.45) is 0 Å². The molecular weight excluding hydrogens is 457 g/mol. The van der Waals surface area contributed by atoms with E-state index in [4.69, 9.17) is 9.84 Å².